The molecule has 0 bridgehead atoms. The van der Waals surface area contributed by atoms with Crippen LogP contribution in [0.3, 0.4) is 0 Å². The lowest BCUT2D eigenvalue weighted by Gasteiger charge is -2.36. The second-order valence-corrected chi connectivity index (χ2v) is 8.82. The van der Waals surface area contributed by atoms with Gasteiger partial charge in [-0.15, -0.1) is 11.3 Å². The molecule has 5 nitrogen and oxygen atoms in total. The van der Waals surface area contributed by atoms with Crippen LogP contribution in [0.4, 0.5) is 5.69 Å². The summed E-state index contributed by atoms with van der Waals surface area (Å²) >= 11 is 1.81. The Hall–Kier alpha value is -2.44. The first-order valence-electron chi connectivity index (χ1n) is 10.4. The Morgan fingerprint density at radius 2 is 1.97 bits per heavy atom. The summed E-state index contributed by atoms with van der Waals surface area (Å²) in [6.45, 7) is 7.75. The molecule has 4 heterocycles. The fourth-order valence-corrected chi connectivity index (χ4v) is 5.29. The van der Waals surface area contributed by atoms with Crippen LogP contribution in [-0.2, 0) is 13.0 Å². The van der Waals surface area contributed by atoms with E-state index in [9.17, 15) is 4.79 Å². The second kappa shape index (κ2) is 7.76. The molecule has 3 aromatic rings. The fraction of sp³-hybridized carbons (Fsp3) is 0.391. The van der Waals surface area contributed by atoms with E-state index in [1.807, 2.05) is 17.6 Å². The van der Waals surface area contributed by atoms with E-state index >= 15 is 0 Å². The minimum atomic E-state index is 0.152. The van der Waals surface area contributed by atoms with Gasteiger partial charge in [-0.1, -0.05) is 12.1 Å². The van der Waals surface area contributed by atoms with Crippen molar-refractivity contribution in [3.63, 3.8) is 0 Å². The molecule has 2 aliphatic rings. The van der Waals surface area contributed by atoms with E-state index in [2.05, 4.69) is 50.5 Å². The van der Waals surface area contributed by atoms with Crippen molar-refractivity contribution in [2.24, 2.45) is 0 Å². The minimum Gasteiger partial charge on any atom is -0.368 e. The number of hydrogen-bond acceptors (Lipinski definition) is 5. The molecule has 1 fully saturated rings. The van der Waals surface area contributed by atoms with Crippen molar-refractivity contribution in [3.8, 4) is 0 Å². The number of nitrogens with zero attached hydrogens (tertiary/aromatic N) is 4. The van der Waals surface area contributed by atoms with Crippen LogP contribution in [-0.4, -0.2) is 47.2 Å². The Morgan fingerprint density at radius 3 is 2.83 bits per heavy atom. The van der Waals surface area contributed by atoms with Crippen molar-refractivity contribution in [1.82, 2.24) is 14.5 Å². The molecule has 0 atom stereocenters. The lowest BCUT2D eigenvalue weighted by molar-refractivity contribution is 0.260. The van der Waals surface area contributed by atoms with Crippen LogP contribution in [0.5, 0.6) is 0 Å². The Bertz CT molecular complexity index is 1120. The molecule has 1 aromatic carbocycles. The SMILES string of the molecule is Cc1nc2n(c(=O)c1CCN1CCN(c3cccc4sccc34)CC1)CCC=C2. The summed E-state index contributed by atoms with van der Waals surface area (Å²) in [7, 11) is 0. The third-order valence-corrected chi connectivity index (χ3v) is 7.03. The molecule has 0 amide bonds. The predicted molar refractivity (Wildman–Crippen MR) is 121 cm³/mol. The highest BCUT2D eigenvalue weighted by Crippen LogP contribution is 2.31. The average Bonchev–Trinajstić information content (AvgIpc) is 3.23. The van der Waals surface area contributed by atoms with E-state index in [4.69, 9.17) is 0 Å². The van der Waals surface area contributed by atoms with Gasteiger partial charge in [0.1, 0.15) is 5.82 Å². The first-order valence-corrected chi connectivity index (χ1v) is 11.3. The third kappa shape index (κ3) is 3.51. The number of allylic oxidation sites excluding steroid dienone is 1. The van der Waals surface area contributed by atoms with Crippen molar-refractivity contribution in [1.29, 1.82) is 0 Å². The molecular weight excluding hydrogens is 380 g/mol. The van der Waals surface area contributed by atoms with Gasteiger partial charge in [-0.05, 0) is 49.4 Å². The zero-order valence-electron chi connectivity index (χ0n) is 16.8. The normalized spacial score (nSPS) is 17.1. The molecular formula is C23H26N4OS. The summed E-state index contributed by atoms with van der Waals surface area (Å²) in [5, 5.41) is 3.54. The number of piperazine rings is 1. The van der Waals surface area contributed by atoms with Gasteiger partial charge < -0.3 is 4.90 Å². The van der Waals surface area contributed by atoms with Crippen LogP contribution in [0.15, 0.2) is 40.5 Å². The topological polar surface area (TPSA) is 41.4 Å². The van der Waals surface area contributed by atoms with Crippen molar-refractivity contribution in [3.05, 3.63) is 63.2 Å². The first kappa shape index (κ1) is 18.6. The maximum atomic E-state index is 12.9. The minimum absolute atomic E-state index is 0.152. The average molecular weight is 407 g/mol. The number of rotatable bonds is 4. The van der Waals surface area contributed by atoms with Crippen LogP contribution in [0.25, 0.3) is 16.2 Å². The lowest BCUT2D eigenvalue weighted by Crippen LogP contribution is -2.47. The van der Waals surface area contributed by atoms with Crippen LogP contribution >= 0.6 is 11.3 Å². The largest absolute Gasteiger partial charge is 0.368 e. The van der Waals surface area contributed by atoms with Crippen LogP contribution < -0.4 is 10.5 Å². The standard InChI is InChI=1S/C23H26N4OS/c1-17-18(23(28)27-10-3-2-7-22(27)24-17)8-11-25-12-14-26(15-13-25)20-5-4-6-21-19(20)9-16-29-21/h2,4-7,9,16H,3,8,10-15H2,1H3. The monoisotopic (exact) mass is 406 g/mol. The van der Waals surface area contributed by atoms with Gasteiger partial charge in [0.05, 0.1) is 0 Å². The third-order valence-electron chi connectivity index (χ3n) is 6.15. The number of aromatic nitrogens is 2. The summed E-state index contributed by atoms with van der Waals surface area (Å²) in [4.78, 5) is 22.5. The van der Waals surface area contributed by atoms with E-state index in [-0.39, 0.29) is 5.56 Å². The van der Waals surface area contributed by atoms with Crippen LogP contribution in [0.1, 0.15) is 23.5 Å². The molecule has 150 valence electrons. The van der Waals surface area contributed by atoms with E-state index in [1.165, 1.54) is 15.8 Å². The molecule has 2 aromatic heterocycles. The summed E-state index contributed by atoms with van der Waals surface area (Å²) in [5.74, 6) is 0.804. The number of fused-ring (bicyclic) bond motifs is 2. The van der Waals surface area contributed by atoms with Gasteiger partial charge >= 0.3 is 0 Å². The maximum absolute atomic E-state index is 12.9. The molecule has 0 saturated carbocycles. The Balaban J connectivity index is 1.25. The molecule has 0 unspecified atom stereocenters. The lowest BCUT2D eigenvalue weighted by atomic mass is 10.1. The van der Waals surface area contributed by atoms with Crippen molar-refractivity contribution < 1.29 is 0 Å². The zero-order valence-corrected chi connectivity index (χ0v) is 17.6. The summed E-state index contributed by atoms with van der Waals surface area (Å²) in [5.41, 5.74) is 3.27. The van der Waals surface area contributed by atoms with Gasteiger partial charge in [-0.2, -0.15) is 0 Å². The van der Waals surface area contributed by atoms with Crippen LogP contribution in [0.2, 0.25) is 0 Å². The molecule has 5 rings (SSSR count). The van der Waals surface area contributed by atoms with Gasteiger partial charge in [0, 0.05) is 66.3 Å². The molecule has 29 heavy (non-hydrogen) atoms. The first-order chi connectivity index (χ1) is 14.2. The maximum Gasteiger partial charge on any atom is 0.257 e. The smallest absolute Gasteiger partial charge is 0.257 e. The van der Waals surface area contributed by atoms with E-state index in [0.717, 1.165) is 69.2 Å². The highest BCUT2D eigenvalue weighted by molar-refractivity contribution is 7.17. The second-order valence-electron chi connectivity index (χ2n) is 7.87. The van der Waals surface area contributed by atoms with Gasteiger partial charge in [0.15, 0.2) is 0 Å². The molecule has 0 radical (unpaired) electrons. The number of anilines is 1. The Kier molecular flexibility index (Phi) is 4.97. The van der Waals surface area contributed by atoms with Crippen molar-refractivity contribution in [2.45, 2.75) is 26.3 Å². The zero-order chi connectivity index (χ0) is 19.8. The number of thiophene rings is 1. The highest BCUT2D eigenvalue weighted by Gasteiger charge is 2.20. The van der Waals surface area contributed by atoms with Crippen molar-refractivity contribution >= 4 is 33.2 Å². The number of aryl methyl sites for hydroxylation is 1. The van der Waals surface area contributed by atoms with Gasteiger partial charge in [0.2, 0.25) is 0 Å². The molecule has 0 N–H and O–H groups in total. The Labute approximate surface area is 174 Å². The molecule has 2 aliphatic heterocycles. The summed E-state index contributed by atoms with van der Waals surface area (Å²) in [6, 6.07) is 8.83. The van der Waals surface area contributed by atoms with E-state index < -0.39 is 0 Å². The van der Waals surface area contributed by atoms with Crippen LogP contribution in [0, 0.1) is 6.92 Å². The summed E-state index contributed by atoms with van der Waals surface area (Å²) in [6.07, 6.45) is 5.75. The summed E-state index contributed by atoms with van der Waals surface area (Å²) < 4.78 is 3.19. The van der Waals surface area contributed by atoms with E-state index in [1.54, 1.807) is 11.3 Å². The molecule has 0 aliphatic carbocycles. The number of benzene rings is 1. The van der Waals surface area contributed by atoms with Crippen molar-refractivity contribution in [2.75, 3.05) is 37.6 Å². The predicted octanol–water partition coefficient (Wildman–Crippen LogP) is 3.55. The van der Waals surface area contributed by atoms with Gasteiger partial charge in [-0.3, -0.25) is 14.3 Å². The molecule has 1 saturated heterocycles. The number of hydrogen-bond donors (Lipinski definition) is 0. The van der Waals surface area contributed by atoms with E-state index in [0.29, 0.717) is 0 Å². The quantitative estimate of drug-likeness (QED) is 0.665. The van der Waals surface area contributed by atoms with Gasteiger partial charge in [0.25, 0.3) is 5.56 Å². The molecule has 0 spiro atoms. The fourth-order valence-electron chi connectivity index (χ4n) is 4.48. The highest BCUT2D eigenvalue weighted by atomic mass is 32.1. The Morgan fingerprint density at radius 1 is 1.10 bits per heavy atom. The molecule has 6 heteroatoms. The van der Waals surface area contributed by atoms with Gasteiger partial charge in [-0.25, -0.2) is 4.98 Å².